The van der Waals surface area contributed by atoms with E-state index in [9.17, 15) is 5.11 Å². The third kappa shape index (κ3) is 3.47. The van der Waals surface area contributed by atoms with Crippen LogP contribution in [0.2, 0.25) is 0 Å². The molecule has 0 unspecified atom stereocenters. The standard InChI is InChI=1S/C15H23NO/c1-12(2)14-7-9-16(10-8-14)11-13-3-5-15(17)6-4-13/h3-6,12,14,17H,7-11H2,1-2H3. The second-order valence-electron chi connectivity index (χ2n) is 5.52. The molecule has 1 saturated heterocycles. The Bertz CT molecular complexity index is 336. The van der Waals surface area contributed by atoms with E-state index in [1.807, 2.05) is 12.1 Å². The maximum atomic E-state index is 9.24. The highest BCUT2D eigenvalue weighted by molar-refractivity contribution is 5.25. The Morgan fingerprint density at radius 2 is 1.76 bits per heavy atom. The molecule has 1 fully saturated rings. The number of benzene rings is 1. The summed E-state index contributed by atoms with van der Waals surface area (Å²) in [5, 5.41) is 9.24. The van der Waals surface area contributed by atoms with E-state index in [1.165, 1.54) is 31.5 Å². The zero-order valence-electron chi connectivity index (χ0n) is 10.9. The van der Waals surface area contributed by atoms with Gasteiger partial charge < -0.3 is 5.11 Å². The van der Waals surface area contributed by atoms with Gasteiger partial charge in [-0.15, -0.1) is 0 Å². The van der Waals surface area contributed by atoms with Gasteiger partial charge in [0.1, 0.15) is 5.75 Å². The fourth-order valence-electron chi connectivity index (χ4n) is 2.64. The number of hydrogen-bond acceptors (Lipinski definition) is 2. The van der Waals surface area contributed by atoms with Crippen molar-refractivity contribution in [3.63, 3.8) is 0 Å². The van der Waals surface area contributed by atoms with Crippen molar-refractivity contribution in [2.24, 2.45) is 11.8 Å². The quantitative estimate of drug-likeness (QED) is 0.866. The third-order valence-corrected chi connectivity index (χ3v) is 3.92. The fraction of sp³-hybridized carbons (Fsp3) is 0.600. The van der Waals surface area contributed by atoms with Gasteiger partial charge in [0.15, 0.2) is 0 Å². The molecule has 0 saturated carbocycles. The van der Waals surface area contributed by atoms with Crippen molar-refractivity contribution in [3.05, 3.63) is 29.8 Å². The number of hydrogen-bond donors (Lipinski definition) is 1. The van der Waals surface area contributed by atoms with Gasteiger partial charge in [0, 0.05) is 6.54 Å². The number of rotatable bonds is 3. The molecule has 17 heavy (non-hydrogen) atoms. The minimum absolute atomic E-state index is 0.354. The predicted octanol–water partition coefficient (Wildman–Crippen LogP) is 3.26. The Kier molecular flexibility index (Phi) is 4.06. The summed E-state index contributed by atoms with van der Waals surface area (Å²) in [5.74, 6) is 2.09. The molecule has 94 valence electrons. The lowest BCUT2D eigenvalue weighted by molar-refractivity contribution is 0.152. The van der Waals surface area contributed by atoms with Crippen LogP contribution in [0.5, 0.6) is 5.75 Å². The summed E-state index contributed by atoms with van der Waals surface area (Å²) in [4.78, 5) is 2.52. The number of phenols is 1. The SMILES string of the molecule is CC(C)C1CCN(Cc2ccc(O)cc2)CC1. The minimum atomic E-state index is 0.354. The number of phenolic OH excluding ortho intramolecular Hbond substituents is 1. The molecule has 1 aromatic rings. The first-order chi connectivity index (χ1) is 8.15. The molecule has 1 N–H and O–H groups in total. The van der Waals surface area contributed by atoms with Crippen molar-refractivity contribution in [2.45, 2.75) is 33.2 Å². The van der Waals surface area contributed by atoms with Crippen LogP contribution in [0.15, 0.2) is 24.3 Å². The number of nitrogens with zero attached hydrogens (tertiary/aromatic N) is 1. The Balaban J connectivity index is 1.84. The Morgan fingerprint density at radius 1 is 1.18 bits per heavy atom. The van der Waals surface area contributed by atoms with E-state index in [2.05, 4.69) is 18.7 Å². The zero-order valence-corrected chi connectivity index (χ0v) is 10.9. The van der Waals surface area contributed by atoms with Crippen LogP contribution in [0.1, 0.15) is 32.3 Å². The van der Waals surface area contributed by atoms with E-state index in [0.29, 0.717) is 5.75 Å². The van der Waals surface area contributed by atoms with E-state index >= 15 is 0 Å². The maximum absolute atomic E-state index is 9.24. The minimum Gasteiger partial charge on any atom is -0.508 e. The summed E-state index contributed by atoms with van der Waals surface area (Å²) in [6.07, 6.45) is 2.66. The molecule has 2 heteroatoms. The molecule has 0 bridgehead atoms. The molecule has 1 heterocycles. The van der Waals surface area contributed by atoms with Gasteiger partial charge in [-0.25, -0.2) is 0 Å². The zero-order chi connectivity index (χ0) is 12.3. The van der Waals surface area contributed by atoms with Crippen LogP contribution in [0.4, 0.5) is 0 Å². The molecular formula is C15H23NO. The number of aromatic hydroxyl groups is 1. The second kappa shape index (κ2) is 5.54. The molecular weight excluding hydrogens is 210 g/mol. The average molecular weight is 233 g/mol. The molecule has 1 aliphatic heterocycles. The first kappa shape index (κ1) is 12.4. The fourth-order valence-corrected chi connectivity index (χ4v) is 2.64. The van der Waals surface area contributed by atoms with Crippen LogP contribution in [0, 0.1) is 11.8 Å². The van der Waals surface area contributed by atoms with Gasteiger partial charge >= 0.3 is 0 Å². The Morgan fingerprint density at radius 3 is 2.29 bits per heavy atom. The van der Waals surface area contributed by atoms with Crippen molar-refractivity contribution in [1.82, 2.24) is 4.90 Å². The highest BCUT2D eigenvalue weighted by Gasteiger charge is 2.21. The molecule has 0 radical (unpaired) electrons. The largest absolute Gasteiger partial charge is 0.508 e. The molecule has 0 aromatic heterocycles. The smallest absolute Gasteiger partial charge is 0.115 e. The van der Waals surface area contributed by atoms with Gasteiger partial charge in [-0.05, 0) is 55.5 Å². The van der Waals surface area contributed by atoms with E-state index in [1.54, 1.807) is 12.1 Å². The molecule has 2 nitrogen and oxygen atoms in total. The highest BCUT2D eigenvalue weighted by atomic mass is 16.3. The van der Waals surface area contributed by atoms with E-state index < -0.39 is 0 Å². The Hall–Kier alpha value is -1.02. The van der Waals surface area contributed by atoms with Gasteiger partial charge in [0.2, 0.25) is 0 Å². The van der Waals surface area contributed by atoms with Crippen molar-refractivity contribution in [2.75, 3.05) is 13.1 Å². The lowest BCUT2D eigenvalue weighted by atomic mass is 9.86. The van der Waals surface area contributed by atoms with Crippen LogP contribution >= 0.6 is 0 Å². The van der Waals surface area contributed by atoms with Crippen LogP contribution in [-0.2, 0) is 6.54 Å². The van der Waals surface area contributed by atoms with Gasteiger partial charge in [-0.2, -0.15) is 0 Å². The number of piperidine rings is 1. The first-order valence-corrected chi connectivity index (χ1v) is 6.65. The van der Waals surface area contributed by atoms with Crippen LogP contribution in [-0.4, -0.2) is 23.1 Å². The first-order valence-electron chi connectivity index (χ1n) is 6.65. The third-order valence-electron chi connectivity index (χ3n) is 3.92. The summed E-state index contributed by atoms with van der Waals surface area (Å²) in [7, 11) is 0. The van der Waals surface area contributed by atoms with Gasteiger partial charge in [-0.3, -0.25) is 4.90 Å². The van der Waals surface area contributed by atoms with E-state index in [4.69, 9.17) is 0 Å². The summed E-state index contributed by atoms with van der Waals surface area (Å²) >= 11 is 0. The monoisotopic (exact) mass is 233 g/mol. The van der Waals surface area contributed by atoms with Gasteiger partial charge in [0.05, 0.1) is 0 Å². The van der Waals surface area contributed by atoms with Gasteiger partial charge in [0.25, 0.3) is 0 Å². The predicted molar refractivity (Wildman–Crippen MR) is 70.9 cm³/mol. The van der Waals surface area contributed by atoms with Crippen LogP contribution < -0.4 is 0 Å². The molecule has 1 aromatic carbocycles. The van der Waals surface area contributed by atoms with E-state index in [-0.39, 0.29) is 0 Å². The summed E-state index contributed by atoms with van der Waals surface area (Å²) in [6, 6.07) is 7.58. The van der Waals surface area contributed by atoms with Crippen molar-refractivity contribution in [1.29, 1.82) is 0 Å². The molecule has 0 atom stereocenters. The van der Waals surface area contributed by atoms with E-state index in [0.717, 1.165) is 18.4 Å². The number of likely N-dealkylation sites (tertiary alicyclic amines) is 1. The van der Waals surface area contributed by atoms with Crippen LogP contribution in [0.25, 0.3) is 0 Å². The normalized spacial score (nSPS) is 18.8. The summed E-state index contributed by atoms with van der Waals surface area (Å²) in [6.45, 7) is 8.11. The van der Waals surface area contributed by atoms with Crippen molar-refractivity contribution < 1.29 is 5.11 Å². The lowest BCUT2D eigenvalue weighted by Gasteiger charge is -2.33. The average Bonchev–Trinajstić information content (AvgIpc) is 2.33. The molecule has 2 rings (SSSR count). The molecule has 0 spiro atoms. The van der Waals surface area contributed by atoms with Gasteiger partial charge in [-0.1, -0.05) is 26.0 Å². The molecule has 0 amide bonds. The Labute approximate surface area is 104 Å². The topological polar surface area (TPSA) is 23.5 Å². The summed E-state index contributed by atoms with van der Waals surface area (Å²) in [5.41, 5.74) is 1.30. The van der Waals surface area contributed by atoms with Crippen molar-refractivity contribution >= 4 is 0 Å². The lowest BCUT2D eigenvalue weighted by Crippen LogP contribution is -2.34. The maximum Gasteiger partial charge on any atom is 0.115 e. The van der Waals surface area contributed by atoms with Crippen molar-refractivity contribution in [3.8, 4) is 5.75 Å². The molecule has 1 aliphatic rings. The summed E-state index contributed by atoms with van der Waals surface area (Å²) < 4.78 is 0. The molecule has 0 aliphatic carbocycles. The second-order valence-corrected chi connectivity index (χ2v) is 5.52. The highest BCUT2D eigenvalue weighted by Crippen LogP contribution is 2.25. The van der Waals surface area contributed by atoms with Crippen LogP contribution in [0.3, 0.4) is 0 Å².